The highest BCUT2D eigenvalue weighted by Crippen LogP contribution is 2.44. The Balaban J connectivity index is 1.47. The Morgan fingerprint density at radius 3 is 2.00 bits per heavy atom. The lowest BCUT2D eigenvalue weighted by Crippen LogP contribution is -2.48. The van der Waals surface area contributed by atoms with Crippen LogP contribution in [0.3, 0.4) is 0 Å². The molecule has 5 atom stereocenters. The number of ether oxygens (including phenoxy) is 4. The largest absolute Gasteiger partial charge is 0.387 e. The first kappa shape index (κ1) is 18.8. The van der Waals surface area contributed by atoms with Crippen LogP contribution in [0, 0.1) is 0 Å². The molecular weight excluding hydrogens is 336 g/mol. The van der Waals surface area contributed by atoms with Crippen molar-refractivity contribution in [3.8, 4) is 0 Å². The van der Waals surface area contributed by atoms with Crippen molar-refractivity contribution in [1.82, 2.24) is 0 Å². The van der Waals surface area contributed by atoms with Crippen LogP contribution in [0.15, 0.2) is 12.7 Å². The SMILES string of the molecule is C=C[C@H](O)[C@@H]1OC2(CCCCC2)O[C@@H]1[C@@H](O)[C@H]1COC2(CCCCC2)O1. The molecular formula is C20H32O6. The van der Waals surface area contributed by atoms with Crippen molar-refractivity contribution in [1.29, 1.82) is 0 Å². The molecule has 0 radical (unpaired) electrons. The fraction of sp³-hybridized carbons (Fsp3) is 0.900. The normalized spacial score (nSPS) is 38.5. The minimum Gasteiger partial charge on any atom is -0.387 e. The van der Waals surface area contributed by atoms with Gasteiger partial charge in [-0.1, -0.05) is 18.9 Å². The van der Waals surface area contributed by atoms with Gasteiger partial charge in [0.2, 0.25) is 0 Å². The van der Waals surface area contributed by atoms with E-state index < -0.39 is 42.1 Å². The van der Waals surface area contributed by atoms with Gasteiger partial charge in [-0.2, -0.15) is 0 Å². The molecule has 0 amide bonds. The Morgan fingerprint density at radius 1 is 0.808 bits per heavy atom. The number of aliphatic hydroxyl groups is 2. The van der Waals surface area contributed by atoms with Crippen LogP contribution in [-0.4, -0.2) is 58.9 Å². The molecule has 2 aliphatic carbocycles. The highest BCUT2D eigenvalue weighted by atomic mass is 16.8. The smallest absolute Gasteiger partial charge is 0.169 e. The maximum atomic E-state index is 11.0. The Kier molecular flexibility index (Phi) is 5.43. The summed E-state index contributed by atoms with van der Waals surface area (Å²) in [4.78, 5) is 0. The van der Waals surface area contributed by atoms with Crippen LogP contribution >= 0.6 is 0 Å². The van der Waals surface area contributed by atoms with E-state index in [9.17, 15) is 10.2 Å². The zero-order chi connectivity index (χ0) is 18.2. The Morgan fingerprint density at radius 2 is 1.38 bits per heavy atom. The zero-order valence-electron chi connectivity index (χ0n) is 15.5. The lowest BCUT2D eigenvalue weighted by Gasteiger charge is -2.34. The molecule has 148 valence electrons. The standard InChI is InChI=1S/C20H32O6/c1-2-14(21)17-18(26-20(25-17)11-7-4-8-12-20)16(22)15-13-23-19(24-15)9-5-3-6-10-19/h2,14-18,21-22H,1,3-13H2/t14-,15+,16-,17-,18+/m0/s1. The summed E-state index contributed by atoms with van der Waals surface area (Å²) in [5, 5.41) is 21.4. The van der Waals surface area contributed by atoms with Crippen molar-refractivity contribution in [2.24, 2.45) is 0 Å². The molecule has 2 spiro atoms. The van der Waals surface area contributed by atoms with Gasteiger partial charge in [-0.3, -0.25) is 0 Å². The molecule has 0 aromatic rings. The lowest BCUT2D eigenvalue weighted by molar-refractivity contribution is -0.217. The first-order chi connectivity index (χ1) is 12.6. The number of hydrogen-bond donors (Lipinski definition) is 2. The second-order valence-electron chi connectivity index (χ2n) is 8.29. The van der Waals surface area contributed by atoms with Gasteiger partial charge in [0.05, 0.1) is 6.61 Å². The molecule has 2 N–H and O–H groups in total. The summed E-state index contributed by atoms with van der Waals surface area (Å²) in [7, 11) is 0. The predicted octanol–water partition coefficient (Wildman–Crippen LogP) is 2.41. The summed E-state index contributed by atoms with van der Waals surface area (Å²) < 4.78 is 24.6. The highest BCUT2D eigenvalue weighted by molar-refractivity contribution is 5.01. The van der Waals surface area contributed by atoms with Gasteiger partial charge in [-0.25, -0.2) is 0 Å². The second-order valence-corrected chi connectivity index (χ2v) is 8.29. The van der Waals surface area contributed by atoms with Gasteiger partial charge in [0.15, 0.2) is 11.6 Å². The monoisotopic (exact) mass is 368 g/mol. The van der Waals surface area contributed by atoms with E-state index in [2.05, 4.69) is 6.58 Å². The summed E-state index contributed by atoms with van der Waals surface area (Å²) in [6.07, 6.45) is 7.88. The van der Waals surface area contributed by atoms with E-state index in [1.807, 2.05) is 0 Å². The van der Waals surface area contributed by atoms with E-state index in [-0.39, 0.29) is 0 Å². The molecule has 6 heteroatoms. The van der Waals surface area contributed by atoms with Gasteiger partial charge in [0.1, 0.15) is 30.5 Å². The van der Waals surface area contributed by atoms with E-state index in [1.165, 1.54) is 18.9 Å². The molecule has 0 unspecified atom stereocenters. The summed E-state index contributed by atoms with van der Waals surface area (Å²) in [6.45, 7) is 4.03. The summed E-state index contributed by atoms with van der Waals surface area (Å²) in [5.74, 6) is -1.24. The summed E-state index contributed by atoms with van der Waals surface area (Å²) in [6, 6.07) is 0. The van der Waals surface area contributed by atoms with Gasteiger partial charge >= 0.3 is 0 Å². The Labute approximate surface area is 155 Å². The minimum absolute atomic E-state index is 0.352. The molecule has 2 aliphatic heterocycles. The molecule has 0 bridgehead atoms. The number of aliphatic hydroxyl groups excluding tert-OH is 2. The van der Waals surface area contributed by atoms with Gasteiger partial charge < -0.3 is 29.2 Å². The second kappa shape index (κ2) is 7.49. The Bertz CT molecular complexity index is 497. The summed E-state index contributed by atoms with van der Waals surface area (Å²) in [5.41, 5.74) is 0. The van der Waals surface area contributed by atoms with Crippen molar-refractivity contribution in [2.45, 2.75) is 106 Å². The highest BCUT2D eigenvalue weighted by Gasteiger charge is 2.55. The maximum absolute atomic E-state index is 11.0. The molecule has 4 fully saturated rings. The third kappa shape index (κ3) is 3.48. The van der Waals surface area contributed by atoms with Gasteiger partial charge in [0.25, 0.3) is 0 Å². The molecule has 26 heavy (non-hydrogen) atoms. The Hall–Kier alpha value is -0.500. The van der Waals surface area contributed by atoms with E-state index in [0.717, 1.165) is 51.4 Å². The quantitative estimate of drug-likeness (QED) is 0.742. The van der Waals surface area contributed by atoms with Crippen molar-refractivity contribution < 1.29 is 29.2 Å². The van der Waals surface area contributed by atoms with Gasteiger partial charge in [-0.05, 0) is 25.7 Å². The predicted molar refractivity (Wildman–Crippen MR) is 94.4 cm³/mol. The van der Waals surface area contributed by atoms with Gasteiger partial charge in [0, 0.05) is 25.7 Å². The molecule has 0 aromatic heterocycles. The molecule has 0 aromatic carbocycles. The average Bonchev–Trinajstić information content (AvgIpc) is 3.24. The topological polar surface area (TPSA) is 77.4 Å². The van der Waals surface area contributed by atoms with Crippen LogP contribution in [0.5, 0.6) is 0 Å². The van der Waals surface area contributed by atoms with Crippen LogP contribution in [0.25, 0.3) is 0 Å². The van der Waals surface area contributed by atoms with E-state index in [4.69, 9.17) is 18.9 Å². The number of hydrogen-bond acceptors (Lipinski definition) is 6. The lowest BCUT2D eigenvalue weighted by atomic mass is 9.94. The average molecular weight is 368 g/mol. The van der Waals surface area contributed by atoms with Crippen LogP contribution < -0.4 is 0 Å². The third-order valence-corrected chi connectivity index (χ3v) is 6.43. The third-order valence-electron chi connectivity index (χ3n) is 6.43. The van der Waals surface area contributed by atoms with Crippen LogP contribution in [0.4, 0.5) is 0 Å². The molecule has 2 heterocycles. The molecule has 4 rings (SSSR count). The molecule has 2 saturated heterocycles. The fourth-order valence-corrected chi connectivity index (χ4v) is 4.96. The van der Waals surface area contributed by atoms with E-state index in [1.54, 1.807) is 0 Å². The van der Waals surface area contributed by atoms with Crippen molar-refractivity contribution in [3.63, 3.8) is 0 Å². The van der Waals surface area contributed by atoms with Gasteiger partial charge in [-0.15, -0.1) is 6.58 Å². The maximum Gasteiger partial charge on any atom is 0.169 e. The van der Waals surface area contributed by atoms with Crippen molar-refractivity contribution in [2.75, 3.05) is 6.61 Å². The molecule has 2 saturated carbocycles. The summed E-state index contributed by atoms with van der Waals surface area (Å²) >= 11 is 0. The zero-order valence-corrected chi connectivity index (χ0v) is 15.5. The minimum atomic E-state index is -0.905. The van der Waals surface area contributed by atoms with Crippen molar-refractivity contribution >= 4 is 0 Å². The molecule has 6 nitrogen and oxygen atoms in total. The van der Waals surface area contributed by atoms with Crippen molar-refractivity contribution in [3.05, 3.63) is 12.7 Å². The first-order valence-corrected chi connectivity index (χ1v) is 10.2. The fourth-order valence-electron chi connectivity index (χ4n) is 4.96. The first-order valence-electron chi connectivity index (χ1n) is 10.2. The number of rotatable bonds is 4. The molecule has 4 aliphatic rings. The van der Waals surface area contributed by atoms with Crippen LogP contribution in [0.1, 0.15) is 64.2 Å². The van der Waals surface area contributed by atoms with Crippen LogP contribution in [-0.2, 0) is 18.9 Å². The van der Waals surface area contributed by atoms with Crippen LogP contribution in [0.2, 0.25) is 0 Å². The van der Waals surface area contributed by atoms with E-state index in [0.29, 0.717) is 6.61 Å². The van der Waals surface area contributed by atoms with E-state index >= 15 is 0 Å².